The van der Waals surface area contributed by atoms with Crippen molar-refractivity contribution in [2.24, 2.45) is 5.92 Å². The molecule has 1 atom stereocenters. The molecule has 7 heteroatoms. The van der Waals surface area contributed by atoms with Crippen molar-refractivity contribution >= 4 is 23.2 Å². The van der Waals surface area contributed by atoms with E-state index in [1.54, 1.807) is 24.5 Å². The second kappa shape index (κ2) is 7.13. The van der Waals surface area contributed by atoms with Crippen LogP contribution in [-0.4, -0.2) is 33.0 Å². The number of thiazole rings is 1. The molecule has 2 aromatic rings. The Labute approximate surface area is 132 Å². The van der Waals surface area contributed by atoms with Gasteiger partial charge >= 0.3 is 5.97 Å². The average Bonchev–Trinajstić information content (AvgIpc) is 2.96. The Balaban J connectivity index is 2.10. The molecule has 2 heterocycles. The number of carbonyl (C=O) groups excluding carboxylic acids is 1. The Hall–Kier alpha value is -2.28. The number of hydrogen-bond acceptors (Lipinski definition) is 5. The number of aromatic nitrogens is 2. The molecule has 2 rings (SSSR count). The minimum Gasteiger partial charge on any atom is -0.480 e. The molecule has 0 aliphatic carbocycles. The molecule has 0 aromatic carbocycles. The number of nitrogens with zero attached hydrogens (tertiary/aromatic N) is 2. The zero-order chi connectivity index (χ0) is 16.1. The Morgan fingerprint density at radius 3 is 2.59 bits per heavy atom. The standard InChI is InChI=1S/C15H17N3O3S/c1-9(2)7-11(15(20)21)18-13(19)12-8-17-14(22-12)10-3-5-16-6-4-10/h3-6,8-9,11H,7H2,1-2H3,(H,18,19)(H,20,21)/t11-/m0/s1. The summed E-state index contributed by atoms with van der Waals surface area (Å²) in [5.41, 5.74) is 0.871. The van der Waals surface area contributed by atoms with E-state index in [-0.39, 0.29) is 5.92 Å². The quantitative estimate of drug-likeness (QED) is 0.853. The van der Waals surface area contributed by atoms with E-state index in [1.807, 2.05) is 13.8 Å². The summed E-state index contributed by atoms with van der Waals surface area (Å²) < 4.78 is 0. The second-order valence-electron chi connectivity index (χ2n) is 5.26. The number of aliphatic carboxylic acids is 1. The van der Waals surface area contributed by atoms with Crippen LogP contribution in [-0.2, 0) is 4.79 Å². The fraction of sp³-hybridized carbons (Fsp3) is 0.333. The molecule has 0 spiro atoms. The van der Waals surface area contributed by atoms with Gasteiger partial charge in [0, 0.05) is 18.0 Å². The number of carboxylic acids is 1. The number of hydrogen-bond donors (Lipinski definition) is 2. The van der Waals surface area contributed by atoms with Gasteiger partial charge in [0.2, 0.25) is 0 Å². The van der Waals surface area contributed by atoms with E-state index in [4.69, 9.17) is 5.11 Å². The summed E-state index contributed by atoms with van der Waals surface area (Å²) in [6.45, 7) is 3.83. The summed E-state index contributed by atoms with van der Waals surface area (Å²) in [4.78, 5) is 31.9. The lowest BCUT2D eigenvalue weighted by Crippen LogP contribution is -2.41. The number of pyridine rings is 1. The monoisotopic (exact) mass is 319 g/mol. The van der Waals surface area contributed by atoms with Gasteiger partial charge < -0.3 is 10.4 Å². The highest BCUT2D eigenvalue weighted by molar-refractivity contribution is 7.16. The molecule has 22 heavy (non-hydrogen) atoms. The van der Waals surface area contributed by atoms with Gasteiger partial charge in [-0.2, -0.15) is 0 Å². The molecule has 116 valence electrons. The first-order chi connectivity index (χ1) is 10.5. The highest BCUT2D eigenvalue weighted by Gasteiger charge is 2.22. The highest BCUT2D eigenvalue weighted by atomic mass is 32.1. The van der Waals surface area contributed by atoms with Crippen LogP contribution in [0.4, 0.5) is 0 Å². The van der Waals surface area contributed by atoms with Gasteiger partial charge in [0.15, 0.2) is 0 Å². The number of amides is 1. The maximum Gasteiger partial charge on any atom is 0.326 e. The van der Waals surface area contributed by atoms with Gasteiger partial charge in [-0.1, -0.05) is 13.8 Å². The van der Waals surface area contributed by atoms with E-state index in [1.165, 1.54) is 17.5 Å². The maximum absolute atomic E-state index is 12.2. The highest BCUT2D eigenvalue weighted by Crippen LogP contribution is 2.24. The van der Waals surface area contributed by atoms with Crippen LogP contribution < -0.4 is 5.32 Å². The van der Waals surface area contributed by atoms with Crippen LogP contribution in [0.5, 0.6) is 0 Å². The van der Waals surface area contributed by atoms with Crippen LogP contribution in [0, 0.1) is 5.92 Å². The Morgan fingerprint density at radius 1 is 1.32 bits per heavy atom. The first-order valence-electron chi connectivity index (χ1n) is 6.87. The SMILES string of the molecule is CC(C)C[C@H](NC(=O)c1cnc(-c2ccncc2)s1)C(=O)O. The second-order valence-corrected chi connectivity index (χ2v) is 6.29. The van der Waals surface area contributed by atoms with E-state index in [0.717, 1.165) is 5.56 Å². The summed E-state index contributed by atoms with van der Waals surface area (Å²) in [5.74, 6) is -1.26. The predicted molar refractivity (Wildman–Crippen MR) is 83.7 cm³/mol. The van der Waals surface area contributed by atoms with Crippen molar-refractivity contribution in [1.29, 1.82) is 0 Å². The maximum atomic E-state index is 12.2. The zero-order valence-electron chi connectivity index (χ0n) is 12.3. The van der Waals surface area contributed by atoms with Crippen molar-refractivity contribution in [3.63, 3.8) is 0 Å². The van der Waals surface area contributed by atoms with Crippen LogP contribution in [0.1, 0.15) is 29.9 Å². The number of nitrogens with one attached hydrogen (secondary N) is 1. The molecule has 0 fully saturated rings. The van der Waals surface area contributed by atoms with Crippen molar-refractivity contribution in [2.75, 3.05) is 0 Å². The van der Waals surface area contributed by atoms with Crippen LogP contribution in [0.3, 0.4) is 0 Å². The fourth-order valence-corrected chi connectivity index (χ4v) is 2.75. The summed E-state index contributed by atoms with van der Waals surface area (Å²) in [5, 5.41) is 12.4. The number of carbonyl (C=O) groups is 2. The Morgan fingerprint density at radius 2 is 2.00 bits per heavy atom. The summed E-state index contributed by atoms with van der Waals surface area (Å²) in [6.07, 6.45) is 5.15. The van der Waals surface area contributed by atoms with E-state index in [0.29, 0.717) is 16.3 Å². The van der Waals surface area contributed by atoms with Gasteiger partial charge in [-0.15, -0.1) is 11.3 Å². The molecule has 0 radical (unpaired) electrons. The van der Waals surface area contributed by atoms with Crippen molar-refractivity contribution in [3.05, 3.63) is 35.6 Å². The van der Waals surface area contributed by atoms with Gasteiger partial charge in [-0.05, 0) is 24.5 Å². The number of rotatable bonds is 6. The van der Waals surface area contributed by atoms with Crippen molar-refractivity contribution < 1.29 is 14.7 Å². The van der Waals surface area contributed by atoms with Gasteiger partial charge in [0.25, 0.3) is 5.91 Å². The van der Waals surface area contributed by atoms with Gasteiger partial charge in [0.05, 0.1) is 6.20 Å². The van der Waals surface area contributed by atoms with Gasteiger partial charge in [-0.25, -0.2) is 9.78 Å². The molecule has 0 aliphatic rings. The molecule has 0 saturated carbocycles. The summed E-state index contributed by atoms with van der Waals surface area (Å²) >= 11 is 1.22. The lowest BCUT2D eigenvalue weighted by Gasteiger charge is -2.15. The predicted octanol–water partition coefficient (Wildman–Crippen LogP) is 2.43. The van der Waals surface area contributed by atoms with Crippen LogP contribution in [0.15, 0.2) is 30.7 Å². The lowest BCUT2D eigenvalue weighted by atomic mass is 10.0. The fourth-order valence-electron chi connectivity index (χ4n) is 1.93. The first-order valence-corrected chi connectivity index (χ1v) is 7.69. The molecule has 1 amide bonds. The van der Waals surface area contributed by atoms with Gasteiger partial charge in [-0.3, -0.25) is 9.78 Å². The Kier molecular flexibility index (Phi) is 5.21. The third-order valence-corrected chi connectivity index (χ3v) is 4.01. The lowest BCUT2D eigenvalue weighted by molar-refractivity contribution is -0.139. The van der Waals surface area contributed by atoms with E-state index < -0.39 is 17.9 Å². The first kappa shape index (κ1) is 16.1. The minimum absolute atomic E-state index is 0.176. The topological polar surface area (TPSA) is 92.2 Å². The van der Waals surface area contributed by atoms with E-state index in [9.17, 15) is 9.59 Å². The Bertz CT molecular complexity index is 655. The molecule has 2 N–H and O–H groups in total. The van der Waals surface area contributed by atoms with Crippen molar-refractivity contribution in [1.82, 2.24) is 15.3 Å². The zero-order valence-corrected chi connectivity index (χ0v) is 13.1. The van der Waals surface area contributed by atoms with E-state index in [2.05, 4.69) is 15.3 Å². The van der Waals surface area contributed by atoms with Crippen LogP contribution in [0.25, 0.3) is 10.6 Å². The van der Waals surface area contributed by atoms with Crippen molar-refractivity contribution in [2.45, 2.75) is 26.3 Å². The number of carboxylic acid groups (broad SMARTS) is 1. The minimum atomic E-state index is -1.03. The largest absolute Gasteiger partial charge is 0.480 e. The third kappa shape index (κ3) is 4.11. The van der Waals surface area contributed by atoms with Crippen LogP contribution >= 0.6 is 11.3 Å². The van der Waals surface area contributed by atoms with Gasteiger partial charge in [0.1, 0.15) is 15.9 Å². The van der Waals surface area contributed by atoms with Crippen molar-refractivity contribution in [3.8, 4) is 10.6 Å². The molecule has 0 bridgehead atoms. The molecular formula is C15H17N3O3S. The molecule has 0 saturated heterocycles. The molecule has 6 nitrogen and oxygen atoms in total. The average molecular weight is 319 g/mol. The smallest absolute Gasteiger partial charge is 0.326 e. The van der Waals surface area contributed by atoms with Crippen LogP contribution in [0.2, 0.25) is 0 Å². The molecule has 2 aromatic heterocycles. The normalized spacial score (nSPS) is 12.1. The molecule has 0 aliphatic heterocycles. The molecular weight excluding hydrogens is 302 g/mol. The third-order valence-electron chi connectivity index (χ3n) is 2.97. The van der Waals surface area contributed by atoms with E-state index >= 15 is 0 Å². The summed E-state index contributed by atoms with van der Waals surface area (Å²) in [6, 6.07) is 2.72. The molecule has 0 unspecified atom stereocenters. The summed E-state index contributed by atoms with van der Waals surface area (Å²) in [7, 11) is 0.